The van der Waals surface area contributed by atoms with Gasteiger partial charge in [-0.2, -0.15) is 0 Å². The minimum atomic E-state index is 0.876. The molecule has 0 aliphatic heterocycles. The van der Waals surface area contributed by atoms with Gasteiger partial charge in [0.15, 0.2) is 0 Å². The van der Waals surface area contributed by atoms with E-state index in [-0.39, 0.29) is 0 Å². The van der Waals surface area contributed by atoms with Crippen LogP contribution in [-0.2, 0) is 0 Å². The molecule has 0 radical (unpaired) electrons. The van der Waals surface area contributed by atoms with E-state index in [1.165, 1.54) is 60.8 Å². The SMILES string of the molecule is c1ccc(-c2ccc(N(c3ccc(-c4ccccc4-c4ccccc4-c4ccccc4)cc3)c3ccc4cc(-c5cccc(-c6cc7ccccc7o6)c5)ccc4c3)cc2)cc1. The highest BCUT2D eigenvalue weighted by Gasteiger charge is 2.17. The molecule has 2 nitrogen and oxygen atoms in total. The number of nitrogens with zero attached hydrogens (tertiary/aromatic N) is 1. The Morgan fingerprint density at radius 3 is 1.37 bits per heavy atom. The van der Waals surface area contributed by atoms with E-state index >= 15 is 0 Å². The highest BCUT2D eigenvalue weighted by Crippen LogP contribution is 2.42. The molecule has 0 bridgehead atoms. The monoisotopic (exact) mass is 791 g/mol. The molecule has 0 atom stereocenters. The van der Waals surface area contributed by atoms with Crippen molar-refractivity contribution >= 4 is 38.8 Å². The zero-order valence-electron chi connectivity index (χ0n) is 34.0. The molecular weight excluding hydrogens is 751 g/mol. The second kappa shape index (κ2) is 16.1. The molecule has 0 saturated heterocycles. The molecule has 0 fully saturated rings. The molecule has 0 unspecified atom stereocenters. The molecular formula is C60H41NO. The van der Waals surface area contributed by atoms with Crippen LogP contribution in [0.2, 0.25) is 0 Å². The van der Waals surface area contributed by atoms with E-state index < -0.39 is 0 Å². The molecule has 1 aromatic heterocycles. The second-order valence-electron chi connectivity index (χ2n) is 15.7. The van der Waals surface area contributed by atoms with Crippen molar-refractivity contribution in [3.8, 4) is 67.0 Å². The van der Waals surface area contributed by atoms with Crippen LogP contribution in [0, 0.1) is 0 Å². The van der Waals surface area contributed by atoms with Crippen molar-refractivity contribution in [2.75, 3.05) is 4.90 Å². The van der Waals surface area contributed by atoms with Crippen LogP contribution in [0.15, 0.2) is 253 Å². The minimum Gasteiger partial charge on any atom is -0.456 e. The number of benzene rings is 10. The Bertz CT molecular complexity index is 3300. The predicted octanol–water partition coefficient (Wildman–Crippen LogP) is 17.1. The fourth-order valence-corrected chi connectivity index (χ4v) is 8.76. The van der Waals surface area contributed by atoms with Crippen molar-refractivity contribution in [3.63, 3.8) is 0 Å². The molecule has 11 aromatic rings. The Morgan fingerprint density at radius 1 is 0.242 bits per heavy atom. The van der Waals surface area contributed by atoms with Crippen LogP contribution in [-0.4, -0.2) is 0 Å². The van der Waals surface area contributed by atoms with E-state index in [0.29, 0.717) is 0 Å². The standard InChI is InChI=1S/C60H41NO/c1-3-14-42(15-4-1)43-28-33-52(34-29-43)61(53-35-30-45(31-36-53)56-22-9-11-24-58(56)57-23-10-8-21-55(57)44-16-5-2-6-17-44)54-37-32-48-38-47(26-27-49(48)40-54)46-19-13-20-50(39-46)60-41-51-18-7-12-25-59(51)62-60/h1-41H. The smallest absolute Gasteiger partial charge is 0.135 e. The Morgan fingerprint density at radius 2 is 0.694 bits per heavy atom. The fraction of sp³-hybridized carbons (Fsp3) is 0. The summed E-state index contributed by atoms with van der Waals surface area (Å²) in [7, 11) is 0. The number of fused-ring (bicyclic) bond motifs is 2. The van der Waals surface area contributed by atoms with Gasteiger partial charge in [-0.1, -0.05) is 188 Å². The van der Waals surface area contributed by atoms with Crippen molar-refractivity contribution in [2.45, 2.75) is 0 Å². The fourth-order valence-electron chi connectivity index (χ4n) is 8.76. The lowest BCUT2D eigenvalue weighted by Gasteiger charge is -2.26. The van der Waals surface area contributed by atoms with Crippen LogP contribution in [0.25, 0.3) is 88.7 Å². The molecule has 11 rings (SSSR count). The van der Waals surface area contributed by atoms with Gasteiger partial charge in [-0.25, -0.2) is 0 Å². The van der Waals surface area contributed by atoms with Gasteiger partial charge in [-0.15, -0.1) is 0 Å². The lowest BCUT2D eigenvalue weighted by molar-refractivity contribution is 0.631. The van der Waals surface area contributed by atoms with Gasteiger partial charge in [0.1, 0.15) is 11.3 Å². The van der Waals surface area contributed by atoms with Gasteiger partial charge in [0.2, 0.25) is 0 Å². The van der Waals surface area contributed by atoms with Crippen molar-refractivity contribution in [2.24, 2.45) is 0 Å². The van der Waals surface area contributed by atoms with Crippen molar-refractivity contribution in [1.29, 1.82) is 0 Å². The maximum atomic E-state index is 6.22. The Kier molecular flexibility index (Phi) is 9.57. The van der Waals surface area contributed by atoms with E-state index in [1.807, 2.05) is 18.2 Å². The van der Waals surface area contributed by atoms with E-state index in [4.69, 9.17) is 4.42 Å². The highest BCUT2D eigenvalue weighted by molar-refractivity contribution is 5.95. The van der Waals surface area contributed by atoms with Crippen molar-refractivity contribution in [1.82, 2.24) is 0 Å². The average Bonchev–Trinajstić information content (AvgIpc) is 3.80. The highest BCUT2D eigenvalue weighted by atomic mass is 16.3. The van der Waals surface area contributed by atoms with E-state index in [9.17, 15) is 0 Å². The molecule has 2 heteroatoms. The molecule has 0 N–H and O–H groups in total. The molecule has 0 saturated carbocycles. The van der Waals surface area contributed by atoms with E-state index in [0.717, 1.165) is 44.9 Å². The van der Waals surface area contributed by atoms with Gasteiger partial charge in [-0.3, -0.25) is 0 Å². The summed E-state index contributed by atoms with van der Waals surface area (Å²) in [6.45, 7) is 0. The maximum absolute atomic E-state index is 6.22. The van der Waals surface area contributed by atoms with Gasteiger partial charge in [-0.05, 0) is 127 Å². The quantitative estimate of drug-likeness (QED) is 0.145. The summed E-state index contributed by atoms with van der Waals surface area (Å²) in [5.74, 6) is 0.876. The molecule has 0 aliphatic carbocycles. The number of hydrogen-bond acceptors (Lipinski definition) is 2. The van der Waals surface area contributed by atoms with Crippen LogP contribution in [0.1, 0.15) is 0 Å². The minimum absolute atomic E-state index is 0.876. The normalized spacial score (nSPS) is 11.2. The zero-order chi connectivity index (χ0) is 41.2. The summed E-state index contributed by atoms with van der Waals surface area (Å²) in [6.07, 6.45) is 0. The molecule has 292 valence electrons. The van der Waals surface area contributed by atoms with Crippen molar-refractivity contribution < 1.29 is 4.42 Å². The molecule has 62 heavy (non-hydrogen) atoms. The maximum Gasteiger partial charge on any atom is 0.135 e. The van der Waals surface area contributed by atoms with Gasteiger partial charge >= 0.3 is 0 Å². The summed E-state index contributed by atoms with van der Waals surface area (Å²) in [5.41, 5.74) is 17.2. The van der Waals surface area contributed by atoms with Crippen LogP contribution in [0.4, 0.5) is 17.1 Å². The Hall–Kier alpha value is -8.20. The summed E-state index contributed by atoms with van der Waals surface area (Å²) >= 11 is 0. The van der Waals surface area contributed by atoms with Crippen LogP contribution >= 0.6 is 0 Å². The first-order valence-corrected chi connectivity index (χ1v) is 21.2. The predicted molar refractivity (Wildman–Crippen MR) is 261 cm³/mol. The third-order valence-electron chi connectivity index (χ3n) is 11.9. The largest absolute Gasteiger partial charge is 0.456 e. The zero-order valence-corrected chi connectivity index (χ0v) is 34.0. The van der Waals surface area contributed by atoms with E-state index in [2.05, 4.69) is 235 Å². The third kappa shape index (κ3) is 7.14. The van der Waals surface area contributed by atoms with Crippen molar-refractivity contribution in [3.05, 3.63) is 249 Å². The van der Waals surface area contributed by atoms with Crippen LogP contribution in [0.5, 0.6) is 0 Å². The van der Waals surface area contributed by atoms with E-state index in [1.54, 1.807) is 0 Å². The molecule has 0 amide bonds. The Labute approximate surface area is 362 Å². The lowest BCUT2D eigenvalue weighted by atomic mass is 9.89. The summed E-state index contributed by atoms with van der Waals surface area (Å²) in [5, 5.41) is 3.47. The number of furan rings is 1. The number of hydrogen-bond donors (Lipinski definition) is 0. The Balaban J connectivity index is 0.956. The topological polar surface area (TPSA) is 16.4 Å². The van der Waals surface area contributed by atoms with Gasteiger partial charge < -0.3 is 9.32 Å². The molecule has 0 spiro atoms. The molecule has 0 aliphatic rings. The molecule has 10 aromatic carbocycles. The van der Waals surface area contributed by atoms with Gasteiger partial charge in [0, 0.05) is 28.0 Å². The molecule has 1 heterocycles. The second-order valence-corrected chi connectivity index (χ2v) is 15.7. The van der Waals surface area contributed by atoms with Gasteiger partial charge in [0.25, 0.3) is 0 Å². The number of anilines is 3. The summed E-state index contributed by atoms with van der Waals surface area (Å²) in [4.78, 5) is 2.36. The lowest BCUT2D eigenvalue weighted by Crippen LogP contribution is -2.09. The first-order valence-electron chi connectivity index (χ1n) is 21.2. The van der Waals surface area contributed by atoms with Crippen LogP contribution in [0.3, 0.4) is 0 Å². The number of para-hydroxylation sites is 1. The van der Waals surface area contributed by atoms with Gasteiger partial charge in [0.05, 0.1) is 0 Å². The third-order valence-corrected chi connectivity index (χ3v) is 11.9. The summed E-state index contributed by atoms with van der Waals surface area (Å²) < 4.78 is 6.22. The number of rotatable bonds is 9. The average molecular weight is 792 g/mol. The summed E-state index contributed by atoms with van der Waals surface area (Å²) in [6, 6.07) is 89.1. The first kappa shape index (κ1) is 36.8. The van der Waals surface area contributed by atoms with Crippen LogP contribution < -0.4 is 4.90 Å². The first-order chi connectivity index (χ1) is 30.7.